The smallest absolute Gasteiger partial charge is 0.384 e. The zero-order valence-corrected chi connectivity index (χ0v) is 14.0. The van der Waals surface area contributed by atoms with E-state index in [1.807, 2.05) is 6.07 Å². The minimum absolute atomic E-state index is 0.0230. The maximum atomic E-state index is 13.2. The monoisotopic (exact) mass is 381 g/mol. The largest absolute Gasteiger partial charge is 0.418 e. The second-order valence-corrected chi connectivity index (χ2v) is 5.69. The summed E-state index contributed by atoms with van der Waals surface area (Å²) in [6, 6.07) is 11.2. The molecule has 0 fully saturated rings. The van der Waals surface area contributed by atoms with E-state index in [0.29, 0.717) is 5.56 Å². The van der Waals surface area contributed by atoms with E-state index in [1.165, 1.54) is 36.5 Å². The molecule has 0 aliphatic carbocycles. The Balaban J connectivity index is 2.19. The van der Waals surface area contributed by atoms with Crippen LogP contribution in [0.4, 0.5) is 19.0 Å². The standard InChI is InChI=1S/C19H10F3N5O/c20-19(21,22)14-2-1-7-26-16(14)11-5-3-10(4-6-11)15-12(8-23)17(25)27-18(28)13(15)9-24/h1-7H,(H3,25,27,28). The van der Waals surface area contributed by atoms with E-state index >= 15 is 0 Å². The molecule has 0 aliphatic heterocycles. The first-order valence-electron chi connectivity index (χ1n) is 7.77. The predicted octanol–water partition coefficient (Wildman–Crippen LogP) is 3.45. The van der Waals surface area contributed by atoms with Crippen LogP contribution in [0.1, 0.15) is 16.7 Å². The summed E-state index contributed by atoms with van der Waals surface area (Å²) >= 11 is 0. The van der Waals surface area contributed by atoms with Crippen LogP contribution >= 0.6 is 0 Å². The van der Waals surface area contributed by atoms with Crippen LogP contribution in [0, 0.1) is 22.7 Å². The summed E-state index contributed by atoms with van der Waals surface area (Å²) in [4.78, 5) is 18.0. The number of nitrogen functional groups attached to an aromatic ring is 1. The van der Waals surface area contributed by atoms with E-state index in [1.54, 1.807) is 6.07 Å². The van der Waals surface area contributed by atoms with E-state index in [4.69, 9.17) is 5.73 Å². The lowest BCUT2D eigenvalue weighted by atomic mass is 9.95. The molecule has 0 radical (unpaired) electrons. The summed E-state index contributed by atoms with van der Waals surface area (Å²) in [5.74, 6) is -0.199. The highest BCUT2D eigenvalue weighted by Gasteiger charge is 2.34. The first kappa shape index (κ1) is 18.7. The maximum absolute atomic E-state index is 13.2. The van der Waals surface area contributed by atoms with Gasteiger partial charge >= 0.3 is 6.18 Å². The number of aromatic nitrogens is 2. The van der Waals surface area contributed by atoms with E-state index < -0.39 is 17.3 Å². The van der Waals surface area contributed by atoms with Crippen molar-refractivity contribution in [3.05, 3.63) is 69.6 Å². The van der Waals surface area contributed by atoms with Crippen molar-refractivity contribution in [2.75, 3.05) is 5.73 Å². The molecule has 0 atom stereocenters. The van der Waals surface area contributed by atoms with Crippen LogP contribution in [-0.4, -0.2) is 9.97 Å². The van der Waals surface area contributed by atoms with E-state index in [9.17, 15) is 28.5 Å². The molecule has 3 rings (SSSR count). The van der Waals surface area contributed by atoms with E-state index in [2.05, 4.69) is 9.97 Å². The maximum Gasteiger partial charge on any atom is 0.418 e. The number of nitrogens with one attached hydrogen (secondary N) is 1. The average Bonchev–Trinajstić information content (AvgIpc) is 2.67. The van der Waals surface area contributed by atoms with Crippen LogP contribution in [0.25, 0.3) is 22.4 Å². The summed E-state index contributed by atoms with van der Waals surface area (Å²) < 4.78 is 39.6. The van der Waals surface area contributed by atoms with Crippen molar-refractivity contribution in [2.24, 2.45) is 0 Å². The van der Waals surface area contributed by atoms with Crippen LogP contribution in [0.15, 0.2) is 47.4 Å². The van der Waals surface area contributed by atoms with Gasteiger partial charge in [-0.3, -0.25) is 9.78 Å². The molecule has 28 heavy (non-hydrogen) atoms. The Kier molecular flexibility index (Phi) is 4.60. The van der Waals surface area contributed by atoms with Crippen molar-refractivity contribution in [2.45, 2.75) is 6.18 Å². The van der Waals surface area contributed by atoms with Gasteiger partial charge in [0.05, 0.1) is 11.3 Å². The predicted molar refractivity (Wildman–Crippen MR) is 94.6 cm³/mol. The van der Waals surface area contributed by atoms with Gasteiger partial charge in [0.1, 0.15) is 29.1 Å². The average molecular weight is 381 g/mol. The SMILES string of the molecule is N#Cc1c(N)[nH]c(=O)c(C#N)c1-c1ccc(-c2ncccc2C(F)(F)F)cc1. The number of anilines is 1. The molecular weight excluding hydrogens is 371 g/mol. The fraction of sp³-hybridized carbons (Fsp3) is 0.0526. The number of pyridine rings is 2. The summed E-state index contributed by atoms with van der Waals surface area (Å²) in [5.41, 5.74) is 3.84. The molecule has 2 aromatic heterocycles. The fourth-order valence-corrected chi connectivity index (χ4v) is 2.79. The minimum Gasteiger partial charge on any atom is -0.384 e. The fourth-order valence-electron chi connectivity index (χ4n) is 2.79. The molecule has 0 aliphatic rings. The lowest BCUT2D eigenvalue weighted by Crippen LogP contribution is -2.16. The van der Waals surface area contributed by atoms with Gasteiger partial charge in [-0.15, -0.1) is 0 Å². The number of hydrogen-bond acceptors (Lipinski definition) is 5. The normalized spacial score (nSPS) is 10.9. The Bertz CT molecular complexity index is 1200. The first-order chi connectivity index (χ1) is 13.3. The highest BCUT2D eigenvalue weighted by Crippen LogP contribution is 2.36. The van der Waals surface area contributed by atoms with Gasteiger partial charge in [0.25, 0.3) is 5.56 Å². The highest BCUT2D eigenvalue weighted by molar-refractivity contribution is 5.81. The summed E-state index contributed by atoms with van der Waals surface area (Å²) in [5, 5.41) is 18.6. The van der Waals surface area contributed by atoms with Crippen molar-refractivity contribution in [1.29, 1.82) is 10.5 Å². The van der Waals surface area contributed by atoms with Gasteiger partial charge < -0.3 is 10.7 Å². The summed E-state index contributed by atoms with van der Waals surface area (Å²) in [6.45, 7) is 0. The number of halogens is 3. The zero-order valence-electron chi connectivity index (χ0n) is 14.0. The Hall–Kier alpha value is -4.11. The molecule has 3 N–H and O–H groups in total. The zero-order chi connectivity index (χ0) is 20.5. The molecule has 0 unspecified atom stereocenters. The van der Waals surface area contributed by atoms with Crippen molar-refractivity contribution in [3.8, 4) is 34.5 Å². The van der Waals surface area contributed by atoms with Crippen LogP contribution in [0.3, 0.4) is 0 Å². The van der Waals surface area contributed by atoms with Crippen LogP contribution in [0.5, 0.6) is 0 Å². The number of alkyl halides is 3. The molecule has 138 valence electrons. The van der Waals surface area contributed by atoms with Crippen LogP contribution in [0.2, 0.25) is 0 Å². The van der Waals surface area contributed by atoms with Gasteiger partial charge in [0, 0.05) is 17.3 Å². The number of nitrogens with zero attached hydrogens (tertiary/aromatic N) is 3. The number of nitrogens with two attached hydrogens (primary N) is 1. The Labute approximate surface area is 156 Å². The molecule has 1 aromatic carbocycles. The third-order valence-electron chi connectivity index (χ3n) is 4.03. The van der Waals surface area contributed by atoms with Crippen LogP contribution < -0.4 is 11.3 Å². The first-order valence-corrected chi connectivity index (χ1v) is 7.77. The van der Waals surface area contributed by atoms with E-state index in [0.717, 1.165) is 6.07 Å². The second-order valence-electron chi connectivity index (χ2n) is 5.69. The molecule has 0 saturated carbocycles. The number of aromatic amines is 1. The quantitative estimate of drug-likeness (QED) is 0.705. The highest BCUT2D eigenvalue weighted by atomic mass is 19.4. The van der Waals surface area contributed by atoms with Crippen molar-refractivity contribution >= 4 is 5.82 Å². The molecule has 0 bridgehead atoms. The second kappa shape index (κ2) is 6.89. The summed E-state index contributed by atoms with van der Waals surface area (Å²) in [7, 11) is 0. The Morgan fingerprint density at radius 3 is 2.18 bits per heavy atom. The molecule has 0 spiro atoms. The number of rotatable bonds is 2. The van der Waals surface area contributed by atoms with Crippen LogP contribution in [-0.2, 0) is 6.18 Å². The Morgan fingerprint density at radius 2 is 1.61 bits per heavy atom. The third-order valence-corrected chi connectivity index (χ3v) is 4.03. The van der Waals surface area contributed by atoms with Gasteiger partial charge in [-0.05, 0) is 17.7 Å². The molecule has 6 nitrogen and oxygen atoms in total. The molecule has 0 saturated heterocycles. The number of H-pyrrole nitrogens is 1. The minimum atomic E-state index is -4.58. The van der Waals surface area contributed by atoms with E-state index in [-0.39, 0.29) is 33.8 Å². The van der Waals surface area contributed by atoms with Crippen molar-refractivity contribution < 1.29 is 13.2 Å². The van der Waals surface area contributed by atoms with Gasteiger partial charge in [-0.1, -0.05) is 24.3 Å². The molecular formula is C19H10F3N5O. The number of hydrogen-bond donors (Lipinski definition) is 2. The van der Waals surface area contributed by atoms with Gasteiger partial charge in [-0.25, -0.2) is 0 Å². The van der Waals surface area contributed by atoms with Crippen molar-refractivity contribution in [1.82, 2.24) is 9.97 Å². The third kappa shape index (κ3) is 3.17. The lowest BCUT2D eigenvalue weighted by molar-refractivity contribution is -0.137. The topological polar surface area (TPSA) is 119 Å². The Morgan fingerprint density at radius 1 is 1.00 bits per heavy atom. The van der Waals surface area contributed by atoms with Gasteiger partial charge in [-0.2, -0.15) is 23.7 Å². The van der Waals surface area contributed by atoms with Crippen molar-refractivity contribution in [3.63, 3.8) is 0 Å². The van der Waals surface area contributed by atoms with Gasteiger partial charge in [0.15, 0.2) is 0 Å². The molecule has 9 heteroatoms. The summed E-state index contributed by atoms with van der Waals surface area (Å²) in [6.07, 6.45) is -3.33. The molecule has 0 amide bonds. The molecule has 3 aromatic rings. The molecule has 2 heterocycles. The lowest BCUT2D eigenvalue weighted by Gasteiger charge is -2.13. The number of benzene rings is 1. The number of nitriles is 2. The van der Waals surface area contributed by atoms with Gasteiger partial charge in [0.2, 0.25) is 0 Å².